The summed E-state index contributed by atoms with van der Waals surface area (Å²) in [6.45, 7) is 1.69. The summed E-state index contributed by atoms with van der Waals surface area (Å²) in [6, 6.07) is 7.76. The summed E-state index contributed by atoms with van der Waals surface area (Å²) in [7, 11) is 1.95. The fourth-order valence-electron chi connectivity index (χ4n) is 4.78. The number of hydrogen-bond donors (Lipinski definition) is 2. The standard InChI is InChI=1S/C25H23N7O2/c1-31-10-7-18-17(6-8-26-24(18)31)23-19-12-29-25(34)22(19)20(13-28-23)30-21-5-4-15(11-27-21)32-9-2-3-16(33)14-32/h4-8,10-11,13H,2-3,9,12,14H2,1H3,(H,27,30)(H,29,34). The number of carbonyl (C=O) groups excluding carboxylic acids is 2. The molecule has 4 aromatic heterocycles. The number of pyridine rings is 3. The summed E-state index contributed by atoms with van der Waals surface area (Å²) < 4.78 is 1.97. The number of aryl methyl sites for hydroxylation is 1. The quantitative estimate of drug-likeness (QED) is 0.489. The maximum atomic E-state index is 12.8. The smallest absolute Gasteiger partial charge is 0.254 e. The Bertz CT molecular complexity index is 1440. The van der Waals surface area contributed by atoms with Gasteiger partial charge in [0.05, 0.1) is 41.6 Å². The van der Waals surface area contributed by atoms with E-state index in [9.17, 15) is 9.59 Å². The largest absolute Gasteiger partial charge is 0.363 e. The average Bonchev–Trinajstić information content (AvgIpc) is 3.43. The van der Waals surface area contributed by atoms with Crippen LogP contribution in [0.4, 0.5) is 17.2 Å². The van der Waals surface area contributed by atoms with Gasteiger partial charge in [0, 0.05) is 55.5 Å². The zero-order chi connectivity index (χ0) is 23.2. The number of aromatic nitrogens is 4. The summed E-state index contributed by atoms with van der Waals surface area (Å²) in [5.41, 5.74) is 5.56. The average molecular weight is 454 g/mol. The maximum Gasteiger partial charge on any atom is 0.254 e. The van der Waals surface area contributed by atoms with Gasteiger partial charge >= 0.3 is 0 Å². The van der Waals surface area contributed by atoms with Crippen LogP contribution in [-0.2, 0) is 18.4 Å². The molecule has 0 aliphatic carbocycles. The molecule has 6 rings (SSSR count). The van der Waals surface area contributed by atoms with Gasteiger partial charge in [-0.3, -0.25) is 14.6 Å². The molecule has 2 aliphatic heterocycles. The van der Waals surface area contributed by atoms with Gasteiger partial charge in [-0.1, -0.05) is 0 Å². The summed E-state index contributed by atoms with van der Waals surface area (Å²) in [4.78, 5) is 40.3. The molecule has 0 radical (unpaired) electrons. The minimum absolute atomic E-state index is 0.136. The Labute approximate surface area is 195 Å². The number of nitrogens with zero attached hydrogens (tertiary/aromatic N) is 5. The first-order valence-corrected chi connectivity index (χ1v) is 11.3. The van der Waals surface area contributed by atoms with Gasteiger partial charge in [-0.05, 0) is 30.7 Å². The van der Waals surface area contributed by atoms with Gasteiger partial charge in [-0.2, -0.15) is 0 Å². The zero-order valence-electron chi connectivity index (χ0n) is 18.7. The lowest BCUT2D eigenvalue weighted by Crippen LogP contribution is -2.35. The van der Waals surface area contributed by atoms with Crippen LogP contribution < -0.4 is 15.5 Å². The minimum atomic E-state index is -0.136. The van der Waals surface area contributed by atoms with Crippen molar-refractivity contribution in [1.29, 1.82) is 0 Å². The van der Waals surface area contributed by atoms with Gasteiger partial charge in [-0.25, -0.2) is 9.97 Å². The number of ketones is 1. The Kier molecular flexibility index (Phi) is 4.75. The topological polar surface area (TPSA) is 105 Å². The number of hydrogen-bond acceptors (Lipinski definition) is 7. The second-order valence-corrected chi connectivity index (χ2v) is 8.67. The Morgan fingerprint density at radius 2 is 1.97 bits per heavy atom. The predicted octanol–water partition coefficient (Wildman–Crippen LogP) is 3.19. The number of rotatable bonds is 4. The van der Waals surface area contributed by atoms with E-state index >= 15 is 0 Å². The number of piperidine rings is 1. The van der Waals surface area contributed by atoms with Crippen LogP contribution in [0, 0.1) is 0 Å². The summed E-state index contributed by atoms with van der Waals surface area (Å²) in [5.74, 6) is 0.726. The van der Waals surface area contributed by atoms with Crippen LogP contribution in [0.1, 0.15) is 28.8 Å². The third-order valence-corrected chi connectivity index (χ3v) is 6.48. The molecule has 9 heteroatoms. The normalized spacial score (nSPS) is 15.5. The van der Waals surface area contributed by atoms with Crippen molar-refractivity contribution in [2.45, 2.75) is 19.4 Å². The van der Waals surface area contributed by atoms with Gasteiger partial charge in [0.25, 0.3) is 5.91 Å². The maximum absolute atomic E-state index is 12.8. The van der Waals surface area contributed by atoms with Crippen molar-refractivity contribution in [1.82, 2.24) is 24.8 Å². The van der Waals surface area contributed by atoms with E-state index in [-0.39, 0.29) is 11.7 Å². The number of carbonyl (C=O) groups is 2. The number of fused-ring (bicyclic) bond motifs is 2. The third-order valence-electron chi connectivity index (χ3n) is 6.48. The van der Waals surface area contributed by atoms with E-state index in [1.54, 1.807) is 18.6 Å². The lowest BCUT2D eigenvalue weighted by atomic mass is 10.0. The van der Waals surface area contributed by atoms with Crippen molar-refractivity contribution in [3.05, 3.63) is 60.2 Å². The highest BCUT2D eigenvalue weighted by molar-refractivity contribution is 6.06. The molecule has 0 aromatic carbocycles. The fraction of sp³-hybridized carbons (Fsp3) is 0.240. The van der Waals surface area contributed by atoms with Gasteiger partial charge < -0.3 is 20.1 Å². The van der Waals surface area contributed by atoms with Crippen LogP contribution in [0.2, 0.25) is 0 Å². The second-order valence-electron chi connectivity index (χ2n) is 8.67. The summed E-state index contributed by atoms with van der Waals surface area (Å²) >= 11 is 0. The molecular weight excluding hydrogens is 430 g/mol. The van der Waals surface area contributed by atoms with E-state index in [4.69, 9.17) is 4.98 Å². The molecule has 1 fully saturated rings. The van der Waals surface area contributed by atoms with E-state index in [1.807, 2.05) is 47.0 Å². The van der Waals surface area contributed by atoms with E-state index in [2.05, 4.69) is 20.6 Å². The van der Waals surface area contributed by atoms with Crippen LogP contribution in [0.5, 0.6) is 0 Å². The number of amides is 1. The Hall–Kier alpha value is -4.27. The molecule has 1 amide bonds. The lowest BCUT2D eigenvalue weighted by Gasteiger charge is -2.27. The van der Waals surface area contributed by atoms with E-state index < -0.39 is 0 Å². The Morgan fingerprint density at radius 1 is 1.06 bits per heavy atom. The number of Topliss-reactive ketones (excluding diaryl/α,β-unsaturated/α-hetero) is 1. The molecule has 0 atom stereocenters. The highest BCUT2D eigenvalue weighted by Gasteiger charge is 2.28. The van der Waals surface area contributed by atoms with Gasteiger partial charge in [0.2, 0.25) is 0 Å². The Morgan fingerprint density at radius 3 is 2.79 bits per heavy atom. The first kappa shape index (κ1) is 20.3. The molecule has 2 N–H and O–H groups in total. The van der Waals surface area contributed by atoms with Crippen molar-refractivity contribution < 1.29 is 9.59 Å². The van der Waals surface area contributed by atoms with E-state index in [1.165, 1.54) is 0 Å². The van der Waals surface area contributed by atoms with Crippen LogP contribution in [0.15, 0.2) is 49.1 Å². The van der Waals surface area contributed by atoms with Gasteiger partial charge in [-0.15, -0.1) is 0 Å². The molecule has 0 unspecified atom stereocenters. The summed E-state index contributed by atoms with van der Waals surface area (Å²) in [6.07, 6.45) is 8.69. The Balaban J connectivity index is 1.33. The lowest BCUT2D eigenvalue weighted by molar-refractivity contribution is -0.118. The van der Waals surface area contributed by atoms with E-state index in [0.29, 0.717) is 36.6 Å². The second kappa shape index (κ2) is 7.95. The highest BCUT2D eigenvalue weighted by Crippen LogP contribution is 2.36. The zero-order valence-corrected chi connectivity index (χ0v) is 18.7. The summed E-state index contributed by atoms with van der Waals surface area (Å²) in [5, 5.41) is 7.18. The SMILES string of the molecule is Cn1ccc2c(-c3ncc(Nc4ccc(N5CCCC(=O)C5)cn4)c4c3CNC4=O)ccnc21. The number of nitrogens with one attached hydrogen (secondary N) is 2. The third kappa shape index (κ3) is 3.37. The van der Waals surface area contributed by atoms with Crippen molar-refractivity contribution in [2.24, 2.45) is 7.05 Å². The van der Waals surface area contributed by atoms with Crippen LogP contribution in [0.3, 0.4) is 0 Å². The van der Waals surface area contributed by atoms with Crippen LogP contribution in [-0.4, -0.2) is 44.3 Å². The van der Waals surface area contributed by atoms with Crippen LogP contribution >= 0.6 is 0 Å². The molecule has 34 heavy (non-hydrogen) atoms. The molecule has 6 heterocycles. The van der Waals surface area contributed by atoms with Crippen molar-refractivity contribution in [2.75, 3.05) is 23.3 Å². The molecule has 0 saturated carbocycles. The minimum Gasteiger partial charge on any atom is -0.363 e. The fourth-order valence-corrected chi connectivity index (χ4v) is 4.78. The molecule has 0 bridgehead atoms. The molecule has 0 spiro atoms. The molecule has 4 aromatic rings. The monoisotopic (exact) mass is 453 g/mol. The molecular formula is C25H23N7O2. The molecule has 2 aliphatic rings. The molecule has 170 valence electrons. The van der Waals surface area contributed by atoms with Crippen molar-refractivity contribution in [3.63, 3.8) is 0 Å². The van der Waals surface area contributed by atoms with E-state index in [0.717, 1.165) is 46.5 Å². The van der Waals surface area contributed by atoms with Crippen LogP contribution in [0.25, 0.3) is 22.3 Å². The van der Waals surface area contributed by atoms with Crippen molar-refractivity contribution in [3.8, 4) is 11.3 Å². The number of anilines is 3. The predicted molar refractivity (Wildman–Crippen MR) is 129 cm³/mol. The molecule has 1 saturated heterocycles. The van der Waals surface area contributed by atoms with Gasteiger partial charge in [0.15, 0.2) is 5.78 Å². The first-order chi connectivity index (χ1) is 16.6. The molecule has 9 nitrogen and oxygen atoms in total. The highest BCUT2D eigenvalue weighted by atomic mass is 16.2. The van der Waals surface area contributed by atoms with Crippen molar-refractivity contribution >= 4 is 39.9 Å². The first-order valence-electron chi connectivity index (χ1n) is 11.3. The van der Waals surface area contributed by atoms with Gasteiger partial charge in [0.1, 0.15) is 11.5 Å².